The van der Waals surface area contributed by atoms with Gasteiger partial charge in [-0.2, -0.15) is 0 Å². The molecule has 108 valence electrons. The average molecular weight is 306 g/mol. The van der Waals surface area contributed by atoms with Crippen molar-refractivity contribution in [2.75, 3.05) is 13.7 Å². The van der Waals surface area contributed by atoms with Crippen molar-refractivity contribution < 1.29 is 17.9 Å². The Bertz CT molecular complexity index is 525. The number of carbonyl (C=O) groups is 1. The molecule has 0 aliphatic carbocycles. The summed E-state index contributed by atoms with van der Waals surface area (Å²) in [5, 5.41) is 7.83. The molecular formula is C11H18N2O4S2. The molecule has 0 saturated heterocycles. The van der Waals surface area contributed by atoms with Gasteiger partial charge in [0.05, 0.1) is 19.1 Å². The normalized spacial score (nSPS) is 13.2. The molecule has 0 saturated carbocycles. The zero-order valence-corrected chi connectivity index (χ0v) is 12.5. The third-order valence-corrected chi connectivity index (χ3v) is 5.00. The average Bonchev–Trinajstić information content (AvgIpc) is 2.76. The number of thiophene rings is 1. The van der Waals surface area contributed by atoms with Crippen LogP contribution >= 0.6 is 11.3 Å². The largest absolute Gasteiger partial charge is 0.383 e. The summed E-state index contributed by atoms with van der Waals surface area (Å²) in [6.07, 6.45) is 0.910. The summed E-state index contributed by atoms with van der Waals surface area (Å²) < 4.78 is 27.3. The molecule has 0 aromatic carbocycles. The maximum absolute atomic E-state index is 11.8. The van der Waals surface area contributed by atoms with E-state index in [4.69, 9.17) is 9.88 Å². The number of hydrogen-bond donors (Lipinski definition) is 2. The number of rotatable bonds is 7. The second-order valence-corrected chi connectivity index (χ2v) is 7.03. The molecule has 19 heavy (non-hydrogen) atoms. The van der Waals surface area contributed by atoms with E-state index in [0.29, 0.717) is 11.5 Å². The zero-order valence-electron chi connectivity index (χ0n) is 10.9. The highest BCUT2D eigenvalue weighted by atomic mass is 32.2. The van der Waals surface area contributed by atoms with E-state index in [0.717, 1.165) is 17.8 Å². The number of carbonyl (C=O) groups excluding carboxylic acids is 1. The Balaban J connectivity index is 2.60. The number of hydrogen-bond acceptors (Lipinski definition) is 5. The lowest BCUT2D eigenvalue weighted by molar-refractivity contribution is -0.121. The zero-order chi connectivity index (χ0) is 14.5. The first-order valence-corrected chi connectivity index (χ1v) is 8.13. The van der Waals surface area contributed by atoms with Gasteiger partial charge in [0.25, 0.3) is 0 Å². The molecule has 0 aliphatic rings. The summed E-state index contributed by atoms with van der Waals surface area (Å²) in [4.78, 5) is 12.4. The fourth-order valence-electron chi connectivity index (χ4n) is 1.51. The van der Waals surface area contributed by atoms with Gasteiger partial charge in [-0.25, -0.2) is 13.6 Å². The van der Waals surface area contributed by atoms with E-state index in [2.05, 4.69) is 5.32 Å². The monoisotopic (exact) mass is 306 g/mol. The van der Waals surface area contributed by atoms with Crippen LogP contribution in [0.1, 0.15) is 18.2 Å². The van der Waals surface area contributed by atoms with E-state index in [1.807, 2.05) is 6.92 Å². The third kappa shape index (κ3) is 5.27. The fraction of sp³-hybridized carbons (Fsp3) is 0.545. The minimum absolute atomic E-state index is 0.0322. The first kappa shape index (κ1) is 16.1. The number of nitrogens with one attached hydrogen (secondary N) is 1. The quantitative estimate of drug-likeness (QED) is 0.765. The lowest BCUT2D eigenvalue weighted by atomic mass is 10.2. The summed E-state index contributed by atoms with van der Waals surface area (Å²) in [6, 6.07) is 2.98. The minimum Gasteiger partial charge on any atom is -0.383 e. The number of nitrogens with two attached hydrogens (primary N) is 1. The molecule has 1 atom stereocenters. The number of primary sulfonamides is 1. The second-order valence-electron chi connectivity index (χ2n) is 4.07. The van der Waals surface area contributed by atoms with Crippen molar-refractivity contribution in [3.63, 3.8) is 0 Å². The molecule has 1 unspecified atom stereocenters. The van der Waals surface area contributed by atoms with Gasteiger partial charge in [0, 0.05) is 12.0 Å². The Morgan fingerprint density at radius 1 is 1.53 bits per heavy atom. The third-order valence-electron chi connectivity index (χ3n) is 2.48. The Morgan fingerprint density at radius 2 is 2.21 bits per heavy atom. The lowest BCUT2D eigenvalue weighted by Gasteiger charge is -2.15. The van der Waals surface area contributed by atoms with Gasteiger partial charge in [0.1, 0.15) is 4.21 Å². The van der Waals surface area contributed by atoms with Crippen molar-refractivity contribution in [1.82, 2.24) is 5.32 Å². The predicted molar refractivity (Wildman–Crippen MR) is 73.5 cm³/mol. The number of ether oxygens (including phenoxy) is 1. The molecule has 0 bridgehead atoms. The van der Waals surface area contributed by atoms with Crippen LogP contribution in [0.2, 0.25) is 0 Å². The van der Waals surface area contributed by atoms with Gasteiger partial charge in [-0.3, -0.25) is 4.79 Å². The highest BCUT2D eigenvalue weighted by molar-refractivity contribution is 7.91. The molecule has 3 N–H and O–H groups in total. The molecule has 0 aliphatic heterocycles. The molecule has 1 heterocycles. The van der Waals surface area contributed by atoms with E-state index in [1.165, 1.54) is 6.07 Å². The van der Waals surface area contributed by atoms with Gasteiger partial charge < -0.3 is 10.1 Å². The molecule has 1 aromatic heterocycles. The Labute approximate surface area is 117 Å². The van der Waals surface area contributed by atoms with Crippen LogP contribution in [0, 0.1) is 0 Å². The van der Waals surface area contributed by atoms with Crippen LogP contribution in [-0.2, 0) is 26.0 Å². The molecule has 8 heteroatoms. The van der Waals surface area contributed by atoms with E-state index in [1.54, 1.807) is 13.2 Å². The highest BCUT2D eigenvalue weighted by Gasteiger charge is 2.15. The van der Waals surface area contributed by atoms with Crippen LogP contribution in [0.15, 0.2) is 16.3 Å². The first-order chi connectivity index (χ1) is 8.86. The number of sulfonamides is 1. The first-order valence-electron chi connectivity index (χ1n) is 5.76. The van der Waals surface area contributed by atoms with Crippen molar-refractivity contribution >= 4 is 27.3 Å². The maximum atomic E-state index is 11.8. The van der Waals surface area contributed by atoms with Crippen LogP contribution in [0.3, 0.4) is 0 Å². The van der Waals surface area contributed by atoms with E-state index >= 15 is 0 Å². The Kier molecular flexibility index (Phi) is 5.92. The molecule has 0 radical (unpaired) electrons. The maximum Gasteiger partial charge on any atom is 0.247 e. The summed E-state index contributed by atoms with van der Waals surface area (Å²) in [5.41, 5.74) is 0. The number of amides is 1. The smallest absolute Gasteiger partial charge is 0.247 e. The second kappa shape index (κ2) is 6.99. The van der Waals surface area contributed by atoms with Gasteiger partial charge in [0.2, 0.25) is 15.9 Å². The summed E-state index contributed by atoms with van der Waals surface area (Å²) in [5.74, 6) is -0.160. The topological polar surface area (TPSA) is 98.5 Å². The number of methoxy groups -OCH3 is 1. The van der Waals surface area contributed by atoms with Crippen molar-refractivity contribution in [1.29, 1.82) is 0 Å². The standard InChI is InChI=1S/C11H18N2O4S2/c1-3-8(7-17-2)13-10(14)6-9-4-5-11(18-9)19(12,15)16/h4-5,8H,3,6-7H2,1-2H3,(H,13,14)(H2,12,15,16). The van der Waals surface area contributed by atoms with Crippen LogP contribution < -0.4 is 10.5 Å². The van der Waals surface area contributed by atoms with E-state index in [9.17, 15) is 13.2 Å². The van der Waals surface area contributed by atoms with Crippen molar-refractivity contribution in [3.8, 4) is 0 Å². The van der Waals surface area contributed by atoms with E-state index < -0.39 is 10.0 Å². The minimum atomic E-state index is -3.69. The van der Waals surface area contributed by atoms with Crippen LogP contribution in [0.4, 0.5) is 0 Å². The summed E-state index contributed by atoms with van der Waals surface area (Å²) in [6.45, 7) is 2.41. The molecule has 0 spiro atoms. The molecule has 1 amide bonds. The fourth-order valence-corrected chi connectivity index (χ4v) is 3.28. The highest BCUT2D eigenvalue weighted by Crippen LogP contribution is 2.20. The van der Waals surface area contributed by atoms with Gasteiger partial charge in [-0.15, -0.1) is 11.3 Å². The van der Waals surface area contributed by atoms with Gasteiger partial charge in [-0.05, 0) is 18.6 Å². The van der Waals surface area contributed by atoms with Crippen LogP contribution in [0.5, 0.6) is 0 Å². The molecular weight excluding hydrogens is 288 g/mol. The van der Waals surface area contributed by atoms with Crippen molar-refractivity contribution in [3.05, 3.63) is 17.0 Å². The summed E-state index contributed by atoms with van der Waals surface area (Å²) in [7, 11) is -2.11. The van der Waals surface area contributed by atoms with Crippen molar-refractivity contribution in [2.24, 2.45) is 5.14 Å². The van der Waals surface area contributed by atoms with Crippen molar-refractivity contribution in [2.45, 2.75) is 30.0 Å². The van der Waals surface area contributed by atoms with Gasteiger partial charge in [0.15, 0.2) is 0 Å². The van der Waals surface area contributed by atoms with Gasteiger partial charge >= 0.3 is 0 Å². The summed E-state index contributed by atoms with van der Waals surface area (Å²) >= 11 is 1.01. The van der Waals surface area contributed by atoms with E-state index in [-0.39, 0.29) is 22.6 Å². The van der Waals surface area contributed by atoms with Crippen LogP contribution in [0.25, 0.3) is 0 Å². The predicted octanol–water partition coefficient (Wildman–Crippen LogP) is 0.479. The van der Waals surface area contributed by atoms with Crippen LogP contribution in [-0.4, -0.2) is 34.1 Å². The molecule has 1 aromatic rings. The SMILES string of the molecule is CCC(COC)NC(=O)Cc1ccc(S(N)(=O)=O)s1. The Hall–Kier alpha value is -0.960. The van der Waals surface area contributed by atoms with Gasteiger partial charge in [-0.1, -0.05) is 6.92 Å². The molecule has 6 nitrogen and oxygen atoms in total. The molecule has 0 fully saturated rings. The molecule has 1 rings (SSSR count). The Morgan fingerprint density at radius 3 is 2.68 bits per heavy atom. The lowest BCUT2D eigenvalue weighted by Crippen LogP contribution is -2.38.